The summed E-state index contributed by atoms with van der Waals surface area (Å²) >= 11 is 0. The van der Waals surface area contributed by atoms with Gasteiger partial charge in [-0.1, -0.05) is 13.8 Å². The van der Waals surface area contributed by atoms with Crippen molar-refractivity contribution in [3.63, 3.8) is 0 Å². The first-order valence-corrected chi connectivity index (χ1v) is 10.6. The van der Waals surface area contributed by atoms with E-state index >= 15 is 0 Å². The summed E-state index contributed by atoms with van der Waals surface area (Å²) in [7, 11) is 0. The second-order valence-corrected chi connectivity index (χ2v) is 9.43. The molecular weight excluding hydrogens is 332 g/mol. The van der Waals surface area contributed by atoms with Crippen molar-refractivity contribution in [2.24, 2.45) is 22.7 Å². The molecule has 5 heteroatoms. The van der Waals surface area contributed by atoms with Crippen molar-refractivity contribution in [2.75, 3.05) is 26.4 Å². The second kappa shape index (κ2) is 8.04. The summed E-state index contributed by atoms with van der Waals surface area (Å²) in [4.78, 5) is 0. The van der Waals surface area contributed by atoms with Crippen molar-refractivity contribution in [3.8, 4) is 0 Å². The van der Waals surface area contributed by atoms with Gasteiger partial charge in [-0.3, -0.25) is 0 Å². The first-order chi connectivity index (χ1) is 12.4. The van der Waals surface area contributed by atoms with Crippen LogP contribution in [0.15, 0.2) is 0 Å². The van der Waals surface area contributed by atoms with E-state index in [1.165, 1.54) is 0 Å². The maximum Gasteiger partial charge on any atom is 0.173 e. The van der Waals surface area contributed by atoms with Crippen molar-refractivity contribution in [3.05, 3.63) is 0 Å². The molecule has 0 radical (unpaired) electrons. The Morgan fingerprint density at radius 2 is 1.81 bits per heavy atom. The Kier molecular flexibility index (Phi) is 6.35. The van der Waals surface area contributed by atoms with Crippen molar-refractivity contribution in [1.82, 2.24) is 0 Å². The van der Waals surface area contributed by atoms with Gasteiger partial charge >= 0.3 is 0 Å². The van der Waals surface area contributed by atoms with E-state index in [4.69, 9.17) is 9.47 Å². The van der Waals surface area contributed by atoms with Crippen LogP contribution in [0.4, 0.5) is 0 Å². The molecule has 2 saturated carbocycles. The summed E-state index contributed by atoms with van der Waals surface area (Å²) in [5, 5.41) is 29.8. The lowest BCUT2D eigenvalue weighted by atomic mass is 9.58. The SMILES string of the molecule is CC1(C(CO)CCC2(C)CCCC23OCCO3)CCC(O)CC1CCO. The monoisotopic (exact) mass is 370 g/mol. The van der Waals surface area contributed by atoms with E-state index in [0.717, 1.165) is 51.4 Å². The fraction of sp³-hybridized carbons (Fsp3) is 1.00. The van der Waals surface area contributed by atoms with Gasteiger partial charge in [0.15, 0.2) is 5.79 Å². The Hall–Kier alpha value is -0.200. The number of rotatable bonds is 7. The zero-order valence-electron chi connectivity index (χ0n) is 16.6. The molecule has 0 aromatic heterocycles. The molecule has 3 fully saturated rings. The van der Waals surface area contributed by atoms with Gasteiger partial charge in [0.2, 0.25) is 0 Å². The molecule has 152 valence electrons. The molecule has 3 rings (SSSR count). The summed E-state index contributed by atoms with van der Waals surface area (Å²) in [6, 6.07) is 0. The summed E-state index contributed by atoms with van der Waals surface area (Å²) in [5.74, 6) is 0.0291. The fourth-order valence-electron chi connectivity index (χ4n) is 6.13. The second-order valence-electron chi connectivity index (χ2n) is 9.43. The molecule has 1 heterocycles. The van der Waals surface area contributed by atoms with Gasteiger partial charge in [-0.2, -0.15) is 0 Å². The molecule has 0 aromatic rings. The van der Waals surface area contributed by atoms with Gasteiger partial charge in [-0.25, -0.2) is 0 Å². The Balaban J connectivity index is 1.70. The summed E-state index contributed by atoms with van der Waals surface area (Å²) in [6.45, 7) is 6.24. The van der Waals surface area contributed by atoms with E-state index in [2.05, 4.69) is 13.8 Å². The quantitative estimate of drug-likeness (QED) is 0.642. The van der Waals surface area contributed by atoms with Crippen LogP contribution in [0.2, 0.25) is 0 Å². The van der Waals surface area contributed by atoms with Crippen LogP contribution < -0.4 is 0 Å². The lowest BCUT2D eigenvalue weighted by molar-refractivity contribution is -0.220. The first kappa shape index (κ1) is 20.5. The van der Waals surface area contributed by atoms with Crippen LogP contribution in [-0.4, -0.2) is 53.6 Å². The van der Waals surface area contributed by atoms with Crippen molar-refractivity contribution >= 4 is 0 Å². The summed E-state index contributed by atoms with van der Waals surface area (Å²) in [5.41, 5.74) is -0.0236. The zero-order chi connectivity index (χ0) is 18.8. The molecule has 5 atom stereocenters. The molecule has 2 aliphatic carbocycles. The van der Waals surface area contributed by atoms with Gasteiger partial charge < -0.3 is 24.8 Å². The molecule has 1 aliphatic heterocycles. The molecule has 3 N–H and O–H groups in total. The third kappa shape index (κ3) is 3.58. The minimum absolute atomic E-state index is 0.00787. The fourth-order valence-corrected chi connectivity index (χ4v) is 6.13. The van der Waals surface area contributed by atoms with Crippen molar-refractivity contribution in [1.29, 1.82) is 0 Å². The molecule has 0 bridgehead atoms. The minimum atomic E-state index is -0.416. The third-order valence-electron chi connectivity index (χ3n) is 8.09. The van der Waals surface area contributed by atoms with Crippen LogP contribution in [-0.2, 0) is 9.47 Å². The van der Waals surface area contributed by atoms with E-state index in [1.54, 1.807) is 0 Å². The number of hydrogen-bond donors (Lipinski definition) is 3. The van der Waals surface area contributed by atoms with Crippen molar-refractivity contribution in [2.45, 2.75) is 83.5 Å². The average molecular weight is 371 g/mol. The molecule has 0 aromatic carbocycles. The molecular formula is C21H38O5. The van der Waals surface area contributed by atoms with Gasteiger partial charge in [0.05, 0.1) is 19.3 Å². The predicted molar refractivity (Wildman–Crippen MR) is 99.6 cm³/mol. The largest absolute Gasteiger partial charge is 0.396 e. The molecule has 5 nitrogen and oxygen atoms in total. The lowest BCUT2D eigenvalue weighted by Gasteiger charge is -2.49. The molecule has 26 heavy (non-hydrogen) atoms. The highest BCUT2D eigenvalue weighted by Gasteiger charge is 2.56. The Labute approximate surface area is 158 Å². The molecule has 1 spiro atoms. The number of ether oxygens (including phenoxy) is 2. The van der Waals surface area contributed by atoms with Crippen molar-refractivity contribution < 1.29 is 24.8 Å². The number of aliphatic hydroxyl groups is 3. The lowest BCUT2D eigenvalue weighted by Crippen LogP contribution is -2.46. The maximum atomic E-state index is 10.2. The van der Waals surface area contributed by atoms with Crippen LogP contribution in [0.5, 0.6) is 0 Å². The van der Waals surface area contributed by atoms with Crippen LogP contribution >= 0.6 is 0 Å². The molecule has 3 aliphatic rings. The summed E-state index contributed by atoms with van der Waals surface area (Å²) < 4.78 is 12.2. The van der Waals surface area contributed by atoms with Gasteiger partial charge in [0.1, 0.15) is 0 Å². The summed E-state index contributed by atoms with van der Waals surface area (Å²) in [6.07, 6.45) is 8.04. The number of hydrogen-bond acceptors (Lipinski definition) is 5. The standard InChI is InChI=1S/C21H38O5/c1-19(7-3-8-21(19)25-12-13-26-21)9-4-17(15-23)20(2)10-5-18(24)14-16(20)6-11-22/h16-18,22-24H,3-15H2,1-2H3. The smallest absolute Gasteiger partial charge is 0.173 e. The number of aliphatic hydroxyl groups excluding tert-OH is 3. The average Bonchev–Trinajstić information content (AvgIpc) is 3.21. The van der Waals surface area contributed by atoms with E-state index in [1.807, 2.05) is 0 Å². The predicted octanol–water partition coefficient (Wildman–Crippen LogP) is 2.86. The Bertz CT molecular complexity index is 458. The van der Waals surface area contributed by atoms with Gasteiger partial charge in [-0.05, 0) is 68.6 Å². The van der Waals surface area contributed by atoms with Gasteiger partial charge in [0, 0.05) is 25.0 Å². The molecule has 1 saturated heterocycles. The van der Waals surface area contributed by atoms with E-state index in [9.17, 15) is 15.3 Å². The van der Waals surface area contributed by atoms with Crippen LogP contribution in [0.1, 0.15) is 71.6 Å². The highest BCUT2D eigenvalue weighted by Crippen LogP contribution is 2.56. The first-order valence-electron chi connectivity index (χ1n) is 10.6. The minimum Gasteiger partial charge on any atom is -0.396 e. The molecule has 0 amide bonds. The Morgan fingerprint density at radius 3 is 2.46 bits per heavy atom. The van der Waals surface area contributed by atoms with E-state index in [-0.39, 0.29) is 42.0 Å². The van der Waals surface area contributed by atoms with Crippen LogP contribution in [0.3, 0.4) is 0 Å². The highest BCUT2D eigenvalue weighted by molar-refractivity contribution is 5.00. The normalized spacial score (nSPS) is 41.0. The zero-order valence-corrected chi connectivity index (χ0v) is 16.6. The third-order valence-corrected chi connectivity index (χ3v) is 8.09. The highest BCUT2D eigenvalue weighted by atomic mass is 16.7. The van der Waals surface area contributed by atoms with Crippen LogP contribution in [0, 0.1) is 22.7 Å². The van der Waals surface area contributed by atoms with E-state index < -0.39 is 5.79 Å². The Morgan fingerprint density at radius 1 is 1.08 bits per heavy atom. The topological polar surface area (TPSA) is 79.2 Å². The van der Waals surface area contributed by atoms with E-state index in [0.29, 0.717) is 19.6 Å². The van der Waals surface area contributed by atoms with Crippen LogP contribution in [0.25, 0.3) is 0 Å². The molecule has 5 unspecified atom stereocenters. The van der Waals surface area contributed by atoms with Gasteiger partial charge in [0.25, 0.3) is 0 Å². The van der Waals surface area contributed by atoms with Gasteiger partial charge in [-0.15, -0.1) is 0 Å². The maximum absolute atomic E-state index is 10.2.